The monoisotopic (exact) mass is 288 g/mol. The molecule has 0 fully saturated rings. The maximum atomic E-state index is 11.8. The molecule has 0 aliphatic carbocycles. The molecule has 0 saturated heterocycles. The van der Waals surface area contributed by atoms with E-state index < -0.39 is 4.92 Å². The molecule has 2 aromatic rings. The number of imidazole rings is 1. The number of amides is 1. The number of carbonyl (C=O) groups excluding carboxylic acids is 1. The van der Waals surface area contributed by atoms with E-state index in [4.69, 9.17) is 0 Å². The summed E-state index contributed by atoms with van der Waals surface area (Å²) in [6.45, 7) is 2.56. The van der Waals surface area contributed by atoms with Crippen LogP contribution in [0.15, 0.2) is 42.9 Å². The van der Waals surface area contributed by atoms with Gasteiger partial charge in [0.2, 0.25) is 12.2 Å². The third-order valence-electron chi connectivity index (χ3n) is 3.11. The van der Waals surface area contributed by atoms with Gasteiger partial charge in [0.1, 0.15) is 12.7 Å². The number of carbonyl (C=O) groups is 1. The first kappa shape index (κ1) is 14.7. The summed E-state index contributed by atoms with van der Waals surface area (Å²) in [4.78, 5) is 25.3. The van der Waals surface area contributed by atoms with Crippen molar-refractivity contribution in [2.45, 2.75) is 19.4 Å². The van der Waals surface area contributed by atoms with Crippen molar-refractivity contribution in [1.29, 1.82) is 0 Å². The molecule has 1 heterocycles. The molecule has 0 aliphatic heterocycles. The second-order valence-electron chi connectivity index (χ2n) is 4.78. The summed E-state index contributed by atoms with van der Waals surface area (Å²) in [6, 6.07) is 9.88. The van der Waals surface area contributed by atoms with Gasteiger partial charge in [-0.2, -0.15) is 0 Å². The number of hydrogen-bond acceptors (Lipinski definition) is 4. The molecule has 0 radical (unpaired) electrons. The minimum atomic E-state index is -0.591. The first-order valence-corrected chi connectivity index (χ1v) is 6.54. The summed E-state index contributed by atoms with van der Waals surface area (Å²) in [5, 5.41) is 13.3. The molecule has 7 heteroatoms. The lowest BCUT2D eigenvalue weighted by molar-refractivity contribution is -0.389. The number of hydrogen-bond donors (Lipinski definition) is 1. The predicted octanol–water partition coefficient (Wildman–Crippen LogP) is 1.71. The Morgan fingerprint density at radius 1 is 1.43 bits per heavy atom. The Labute approximate surface area is 121 Å². The van der Waals surface area contributed by atoms with E-state index in [1.807, 2.05) is 37.3 Å². The van der Waals surface area contributed by atoms with Crippen LogP contribution in [-0.2, 0) is 11.3 Å². The lowest BCUT2D eigenvalue weighted by atomic mass is 10.0. The van der Waals surface area contributed by atoms with Crippen molar-refractivity contribution < 1.29 is 9.72 Å². The number of nitrogens with one attached hydrogen (secondary N) is 1. The van der Waals surface area contributed by atoms with E-state index >= 15 is 0 Å². The van der Waals surface area contributed by atoms with Crippen LogP contribution < -0.4 is 5.32 Å². The van der Waals surface area contributed by atoms with Crippen LogP contribution in [0, 0.1) is 10.1 Å². The lowest BCUT2D eigenvalue weighted by Gasteiger charge is -2.13. The van der Waals surface area contributed by atoms with Gasteiger partial charge >= 0.3 is 5.82 Å². The van der Waals surface area contributed by atoms with Gasteiger partial charge < -0.3 is 20.0 Å². The average molecular weight is 288 g/mol. The van der Waals surface area contributed by atoms with Gasteiger partial charge in [-0.3, -0.25) is 4.79 Å². The largest absolute Gasteiger partial charge is 0.381 e. The van der Waals surface area contributed by atoms with Crippen LogP contribution in [0.3, 0.4) is 0 Å². The zero-order valence-electron chi connectivity index (χ0n) is 11.6. The Hall–Kier alpha value is -2.70. The highest BCUT2D eigenvalue weighted by Gasteiger charge is 2.12. The molecule has 0 spiro atoms. The van der Waals surface area contributed by atoms with Gasteiger partial charge in [-0.1, -0.05) is 37.3 Å². The highest BCUT2D eigenvalue weighted by atomic mass is 16.6. The van der Waals surface area contributed by atoms with Crippen LogP contribution in [0.1, 0.15) is 18.4 Å². The van der Waals surface area contributed by atoms with Gasteiger partial charge in [-0.15, -0.1) is 0 Å². The molecule has 7 nitrogen and oxygen atoms in total. The molecule has 1 N–H and O–H groups in total. The van der Waals surface area contributed by atoms with E-state index in [1.54, 1.807) is 0 Å². The van der Waals surface area contributed by atoms with E-state index in [2.05, 4.69) is 10.3 Å². The van der Waals surface area contributed by atoms with Crippen molar-refractivity contribution in [2.24, 2.45) is 0 Å². The fourth-order valence-electron chi connectivity index (χ4n) is 1.92. The second kappa shape index (κ2) is 6.65. The summed E-state index contributed by atoms with van der Waals surface area (Å²) in [7, 11) is 0. The molecule has 21 heavy (non-hydrogen) atoms. The molecular weight excluding hydrogens is 272 g/mol. The molecule has 1 amide bonds. The van der Waals surface area contributed by atoms with E-state index in [0.29, 0.717) is 6.54 Å². The minimum Gasteiger partial charge on any atom is -0.358 e. The van der Waals surface area contributed by atoms with Gasteiger partial charge in [-0.05, 0) is 21.4 Å². The van der Waals surface area contributed by atoms with Crippen LogP contribution >= 0.6 is 0 Å². The van der Waals surface area contributed by atoms with Crippen LogP contribution in [0.4, 0.5) is 5.82 Å². The fourth-order valence-corrected chi connectivity index (χ4v) is 1.92. The van der Waals surface area contributed by atoms with E-state index in [0.717, 1.165) is 5.56 Å². The Morgan fingerprint density at radius 3 is 2.76 bits per heavy atom. The first-order valence-electron chi connectivity index (χ1n) is 6.54. The van der Waals surface area contributed by atoms with Crippen LogP contribution in [0.25, 0.3) is 0 Å². The third kappa shape index (κ3) is 4.13. The van der Waals surface area contributed by atoms with E-state index in [9.17, 15) is 14.9 Å². The molecule has 0 aliphatic rings. The third-order valence-corrected chi connectivity index (χ3v) is 3.11. The second-order valence-corrected chi connectivity index (χ2v) is 4.78. The molecule has 110 valence electrons. The first-order chi connectivity index (χ1) is 10.1. The van der Waals surface area contributed by atoms with Gasteiger partial charge in [0.15, 0.2) is 0 Å². The van der Waals surface area contributed by atoms with Crippen molar-refractivity contribution >= 4 is 11.7 Å². The fraction of sp³-hybridized carbons (Fsp3) is 0.286. The van der Waals surface area contributed by atoms with Gasteiger partial charge in [-0.25, -0.2) is 0 Å². The number of benzene rings is 1. The molecule has 0 saturated carbocycles. The van der Waals surface area contributed by atoms with Crippen LogP contribution in [0.2, 0.25) is 0 Å². The number of nitrogens with zero attached hydrogens (tertiary/aromatic N) is 3. The number of rotatable bonds is 6. The Morgan fingerprint density at radius 2 is 2.14 bits per heavy atom. The van der Waals surface area contributed by atoms with Gasteiger partial charge in [0, 0.05) is 6.54 Å². The number of nitro groups is 1. The Balaban J connectivity index is 1.83. The summed E-state index contributed by atoms with van der Waals surface area (Å²) in [5.74, 6) is -0.266. The summed E-state index contributed by atoms with van der Waals surface area (Å²) < 4.78 is 1.39. The standard InChI is InChI=1S/C14H16N4O3/c1-11(12-5-3-2-4-6-12)7-15-14(19)9-17-8-13(16-10-17)18(20)21/h2-6,8,10-11H,7,9H2,1H3,(H,15,19). The van der Waals surface area contributed by atoms with Crippen LogP contribution in [0.5, 0.6) is 0 Å². The van der Waals surface area contributed by atoms with E-state index in [1.165, 1.54) is 17.1 Å². The molecule has 1 unspecified atom stereocenters. The molecule has 2 rings (SSSR count). The van der Waals surface area contributed by atoms with Crippen molar-refractivity contribution in [3.05, 3.63) is 58.5 Å². The summed E-state index contributed by atoms with van der Waals surface area (Å²) in [5.41, 5.74) is 1.15. The normalized spacial score (nSPS) is 11.9. The van der Waals surface area contributed by atoms with Gasteiger partial charge in [0.05, 0.1) is 0 Å². The Bertz CT molecular complexity index is 624. The SMILES string of the molecule is CC(CNC(=O)Cn1cnc([N+](=O)[O-])c1)c1ccccc1. The molecule has 0 bridgehead atoms. The zero-order chi connectivity index (χ0) is 15.2. The van der Waals surface area contributed by atoms with Crippen molar-refractivity contribution in [3.8, 4) is 0 Å². The predicted molar refractivity (Wildman–Crippen MR) is 76.7 cm³/mol. The summed E-state index contributed by atoms with van der Waals surface area (Å²) >= 11 is 0. The minimum absolute atomic E-state index is 0.0162. The van der Waals surface area contributed by atoms with Crippen molar-refractivity contribution in [2.75, 3.05) is 6.54 Å². The quantitative estimate of drug-likeness (QED) is 0.647. The number of aromatic nitrogens is 2. The topological polar surface area (TPSA) is 90.1 Å². The smallest absolute Gasteiger partial charge is 0.358 e. The van der Waals surface area contributed by atoms with E-state index in [-0.39, 0.29) is 24.2 Å². The zero-order valence-corrected chi connectivity index (χ0v) is 11.6. The molecule has 1 aromatic carbocycles. The summed E-state index contributed by atoms with van der Waals surface area (Å²) in [6.07, 6.45) is 2.51. The van der Waals surface area contributed by atoms with Crippen LogP contribution in [-0.4, -0.2) is 26.9 Å². The maximum absolute atomic E-state index is 11.8. The molecule has 1 atom stereocenters. The van der Waals surface area contributed by atoms with Crippen molar-refractivity contribution in [3.63, 3.8) is 0 Å². The molecule has 1 aromatic heterocycles. The molecular formula is C14H16N4O3. The van der Waals surface area contributed by atoms with Crippen molar-refractivity contribution in [1.82, 2.24) is 14.9 Å². The van der Waals surface area contributed by atoms with Gasteiger partial charge in [0.25, 0.3) is 0 Å². The highest BCUT2D eigenvalue weighted by Crippen LogP contribution is 2.13. The average Bonchev–Trinajstić information content (AvgIpc) is 2.94. The lowest BCUT2D eigenvalue weighted by Crippen LogP contribution is -2.30. The highest BCUT2D eigenvalue weighted by molar-refractivity contribution is 5.75. The Kier molecular flexibility index (Phi) is 4.65. The maximum Gasteiger partial charge on any atom is 0.381 e.